The molecule has 1 aromatic rings. The van der Waals surface area contributed by atoms with E-state index < -0.39 is 0 Å². The van der Waals surface area contributed by atoms with Crippen LogP contribution < -0.4 is 10.1 Å². The summed E-state index contributed by atoms with van der Waals surface area (Å²) in [6.45, 7) is 2.04. The maximum absolute atomic E-state index is 5.96. The zero-order valence-electron chi connectivity index (χ0n) is 12.7. The second kappa shape index (κ2) is 7.15. The molecule has 1 aromatic carbocycles. The molecule has 2 fully saturated rings. The van der Waals surface area contributed by atoms with Crippen LogP contribution in [0.4, 0.5) is 0 Å². The molecular formula is C18H26BrNO. The van der Waals surface area contributed by atoms with E-state index in [-0.39, 0.29) is 0 Å². The SMILES string of the molecule is Brc1ccc(OCCC2(CNC3CC3)CCCCC2)cc1. The van der Waals surface area contributed by atoms with E-state index in [0.29, 0.717) is 5.41 Å². The molecule has 0 bridgehead atoms. The highest BCUT2D eigenvalue weighted by Crippen LogP contribution is 2.39. The highest BCUT2D eigenvalue weighted by molar-refractivity contribution is 9.10. The van der Waals surface area contributed by atoms with E-state index in [2.05, 4.69) is 21.2 Å². The first-order valence-electron chi connectivity index (χ1n) is 8.38. The van der Waals surface area contributed by atoms with Gasteiger partial charge in [-0.05, 0) is 61.8 Å². The Kier molecular flexibility index (Phi) is 5.23. The Morgan fingerprint density at radius 3 is 2.48 bits per heavy atom. The molecule has 21 heavy (non-hydrogen) atoms. The van der Waals surface area contributed by atoms with E-state index in [1.54, 1.807) is 0 Å². The van der Waals surface area contributed by atoms with E-state index in [9.17, 15) is 0 Å². The van der Waals surface area contributed by atoms with Gasteiger partial charge in [-0.2, -0.15) is 0 Å². The van der Waals surface area contributed by atoms with Crippen LogP contribution in [0.15, 0.2) is 28.7 Å². The number of hydrogen-bond acceptors (Lipinski definition) is 2. The fraction of sp³-hybridized carbons (Fsp3) is 0.667. The average Bonchev–Trinajstić information content (AvgIpc) is 3.33. The average molecular weight is 352 g/mol. The highest BCUT2D eigenvalue weighted by Gasteiger charge is 2.33. The molecule has 0 spiro atoms. The van der Waals surface area contributed by atoms with Gasteiger partial charge in [-0.15, -0.1) is 0 Å². The van der Waals surface area contributed by atoms with Crippen LogP contribution in [0.5, 0.6) is 5.75 Å². The molecule has 0 heterocycles. The quantitative estimate of drug-likeness (QED) is 0.752. The zero-order chi connectivity index (χ0) is 14.5. The van der Waals surface area contributed by atoms with Crippen LogP contribution in [0.3, 0.4) is 0 Å². The Bertz CT molecular complexity index is 435. The summed E-state index contributed by atoms with van der Waals surface area (Å²) in [4.78, 5) is 0. The normalized spacial score (nSPS) is 21.2. The van der Waals surface area contributed by atoms with Crippen LogP contribution in [0.1, 0.15) is 51.4 Å². The summed E-state index contributed by atoms with van der Waals surface area (Å²) in [7, 11) is 0. The van der Waals surface area contributed by atoms with Gasteiger partial charge in [0.05, 0.1) is 6.61 Å². The molecule has 2 aliphatic carbocycles. The van der Waals surface area contributed by atoms with E-state index in [1.165, 1.54) is 57.9 Å². The van der Waals surface area contributed by atoms with Crippen molar-refractivity contribution in [2.24, 2.45) is 5.41 Å². The van der Waals surface area contributed by atoms with Crippen LogP contribution in [0.2, 0.25) is 0 Å². The van der Waals surface area contributed by atoms with Crippen LogP contribution in [0.25, 0.3) is 0 Å². The summed E-state index contributed by atoms with van der Waals surface area (Å²) in [6.07, 6.45) is 10.9. The van der Waals surface area contributed by atoms with Crippen molar-refractivity contribution in [2.75, 3.05) is 13.2 Å². The minimum Gasteiger partial charge on any atom is -0.494 e. The molecule has 116 valence electrons. The molecule has 0 atom stereocenters. The molecule has 0 unspecified atom stereocenters. The Balaban J connectivity index is 1.49. The summed E-state index contributed by atoms with van der Waals surface area (Å²) in [5.74, 6) is 0.985. The Morgan fingerprint density at radius 1 is 1.10 bits per heavy atom. The van der Waals surface area contributed by atoms with Crippen molar-refractivity contribution < 1.29 is 4.74 Å². The number of hydrogen-bond donors (Lipinski definition) is 1. The number of halogens is 1. The summed E-state index contributed by atoms with van der Waals surface area (Å²) < 4.78 is 7.07. The van der Waals surface area contributed by atoms with Gasteiger partial charge in [0.25, 0.3) is 0 Å². The third kappa shape index (κ3) is 4.72. The van der Waals surface area contributed by atoms with Gasteiger partial charge >= 0.3 is 0 Å². The molecule has 0 radical (unpaired) electrons. The van der Waals surface area contributed by atoms with Gasteiger partial charge in [-0.25, -0.2) is 0 Å². The van der Waals surface area contributed by atoms with Crippen LogP contribution in [-0.4, -0.2) is 19.2 Å². The van der Waals surface area contributed by atoms with Gasteiger partial charge in [0, 0.05) is 17.1 Å². The molecule has 3 heteroatoms. The molecule has 2 aliphatic rings. The lowest BCUT2D eigenvalue weighted by Crippen LogP contribution is -2.38. The van der Waals surface area contributed by atoms with Crippen LogP contribution >= 0.6 is 15.9 Å². The summed E-state index contributed by atoms with van der Waals surface area (Å²) in [5, 5.41) is 3.76. The lowest BCUT2D eigenvalue weighted by atomic mass is 9.72. The van der Waals surface area contributed by atoms with Crippen molar-refractivity contribution in [3.05, 3.63) is 28.7 Å². The highest BCUT2D eigenvalue weighted by atomic mass is 79.9. The van der Waals surface area contributed by atoms with Gasteiger partial charge in [0.1, 0.15) is 5.75 Å². The fourth-order valence-electron chi connectivity index (χ4n) is 3.38. The standard InChI is InChI=1S/C18H26BrNO/c19-15-4-8-17(9-5-15)21-13-12-18(10-2-1-3-11-18)14-20-16-6-7-16/h4-5,8-9,16,20H,1-3,6-7,10-14H2. The molecule has 0 aromatic heterocycles. The van der Waals surface area contributed by atoms with Gasteiger partial charge < -0.3 is 10.1 Å². The lowest BCUT2D eigenvalue weighted by Gasteiger charge is -2.37. The van der Waals surface area contributed by atoms with Crippen LogP contribution in [0, 0.1) is 5.41 Å². The number of nitrogens with one attached hydrogen (secondary N) is 1. The first-order chi connectivity index (χ1) is 10.3. The second-order valence-corrected chi connectivity index (χ2v) is 7.68. The van der Waals surface area contributed by atoms with Crippen molar-refractivity contribution in [3.63, 3.8) is 0 Å². The molecule has 0 amide bonds. The van der Waals surface area contributed by atoms with Crippen molar-refractivity contribution in [1.29, 1.82) is 0 Å². The Morgan fingerprint density at radius 2 is 1.81 bits per heavy atom. The topological polar surface area (TPSA) is 21.3 Å². The molecule has 1 N–H and O–H groups in total. The molecule has 2 saturated carbocycles. The Labute approximate surface area is 136 Å². The third-order valence-corrected chi connectivity index (χ3v) is 5.50. The lowest BCUT2D eigenvalue weighted by molar-refractivity contribution is 0.133. The van der Waals surface area contributed by atoms with E-state index in [1.807, 2.05) is 24.3 Å². The van der Waals surface area contributed by atoms with Gasteiger partial charge in [-0.1, -0.05) is 35.2 Å². The van der Waals surface area contributed by atoms with E-state index in [4.69, 9.17) is 4.74 Å². The first kappa shape index (κ1) is 15.4. The van der Waals surface area contributed by atoms with Gasteiger partial charge in [0.2, 0.25) is 0 Å². The summed E-state index contributed by atoms with van der Waals surface area (Å²) >= 11 is 3.46. The third-order valence-electron chi connectivity index (χ3n) is 4.97. The van der Waals surface area contributed by atoms with Crippen molar-refractivity contribution in [1.82, 2.24) is 5.32 Å². The van der Waals surface area contributed by atoms with Gasteiger partial charge in [-0.3, -0.25) is 0 Å². The second-order valence-electron chi connectivity index (χ2n) is 6.77. The predicted molar refractivity (Wildman–Crippen MR) is 90.8 cm³/mol. The first-order valence-corrected chi connectivity index (χ1v) is 9.17. The van der Waals surface area contributed by atoms with E-state index >= 15 is 0 Å². The van der Waals surface area contributed by atoms with Crippen LogP contribution in [-0.2, 0) is 0 Å². The maximum atomic E-state index is 5.96. The van der Waals surface area contributed by atoms with Crippen molar-refractivity contribution >= 4 is 15.9 Å². The van der Waals surface area contributed by atoms with Gasteiger partial charge in [0.15, 0.2) is 0 Å². The minimum atomic E-state index is 0.482. The largest absolute Gasteiger partial charge is 0.494 e. The minimum absolute atomic E-state index is 0.482. The van der Waals surface area contributed by atoms with Crippen molar-refractivity contribution in [2.45, 2.75) is 57.4 Å². The number of benzene rings is 1. The fourth-order valence-corrected chi connectivity index (χ4v) is 3.65. The maximum Gasteiger partial charge on any atom is 0.119 e. The monoisotopic (exact) mass is 351 g/mol. The van der Waals surface area contributed by atoms with Crippen molar-refractivity contribution in [3.8, 4) is 5.75 Å². The summed E-state index contributed by atoms with van der Waals surface area (Å²) in [6, 6.07) is 8.98. The van der Waals surface area contributed by atoms with E-state index in [0.717, 1.165) is 22.9 Å². The number of rotatable bonds is 7. The Hall–Kier alpha value is -0.540. The molecule has 0 saturated heterocycles. The molecule has 3 rings (SSSR count). The number of ether oxygens (including phenoxy) is 1. The zero-order valence-corrected chi connectivity index (χ0v) is 14.3. The molecule has 0 aliphatic heterocycles. The molecular weight excluding hydrogens is 326 g/mol. The summed E-state index contributed by atoms with van der Waals surface area (Å²) in [5.41, 5.74) is 0.482. The molecule has 2 nitrogen and oxygen atoms in total. The smallest absolute Gasteiger partial charge is 0.119 e. The predicted octanol–water partition coefficient (Wildman–Crippen LogP) is 4.92.